The molecule has 3 nitrogen and oxygen atoms in total. The average Bonchev–Trinajstić information content (AvgIpc) is 2.30. The molecule has 0 bridgehead atoms. The Balaban J connectivity index is 2.74. The maximum absolute atomic E-state index is 9.04. The van der Waals surface area contributed by atoms with Gasteiger partial charge >= 0.3 is 0 Å². The molecule has 0 saturated carbocycles. The largest absolute Gasteiger partial charge is 0.395 e. The lowest BCUT2D eigenvalue weighted by molar-refractivity contribution is 0.154. The maximum atomic E-state index is 9.04. The van der Waals surface area contributed by atoms with E-state index in [2.05, 4.69) is 4.90 Å². The van der Waals surface area contributed by atoms with E-state index in [-0.39, 0.29) is 12.6 Å². The Hall–Kier alpha value is -0.610. The van der Waals surface area contributed by atoms with Gasteiger partial charge in [0.2, 0.25) is 0 Å². The zero-order chi connectivity index (χ0) is 12.1. The van der Waals surface area contributed by atoms with E-state index in [1.54, 1.807) is 0 Å². The Kier molecular flexibility index (Phi) is 5.22. The third kappa shape index (κ3) is 3.46. The van der Waals surface area contributed by atoms with Gasteiger partial charge in [0.1, 0.15) is 0 Å². The molecule has 0 aliphatic heterocycles. The number of likely N-dealkylation sites (N-methyl/N-ethyl adjacent to an activating group) is 1. The molecule has 1 unspecified atom stereocenters. The van der Waals surface area contributed by atoms with E-state index in [0.29, 0.717) is 6.54 Å². The first-order chi connectivity index (χ1) is 7.58. The summed E-state index contributed by atoms with van der Waals surface area (Å²) in [4.78, 5) is 2.06. The van der Waals surface area contributed by atoms with Crippen LogP contribution in [0.2, 0.25) is 5.02 Å². The van der Waals surface area contributed by atoms with Crippen molar-refractivity contribution in [2.75, 3.05) is 13.7 Å². The molecule has 1 aromatic carbocycles. The molecule has 0 saturated heterocycles. The predicted octanol–water partition coefficient (Wildman–Crippen LogP) is 1.61. The molecule has 0 heterocycles. The zero-order valence-electron chi connectivity index (χ0n) is 9.78. The summed E-state index contributed by atoms with van der Waals surface area (Å²) in [5, 5.41) is 9.78. The molecule has 0 amide bonds. The minimum absolute atomic E-state index is 0.130. The Bertz CT molecular complexity index is 344. The average molecular weight is 243 g/mol. The van der Waals surface area contributed by atoms with Crippen molar-refractivity contribution in [1.29, 1.82) is 0 Å². The number of aliphatic hydroxyl groups is 1. The minimum Gasteiger partial charge on any atom is -0.395 e. The standard InChI is InChI=1S/C12H19ClN2O/c1-9(8-16)15(2)7-11-4-3-10(6-14)5-12(11)13/h3-5,9,16H,6-8,14H2,1-2H3. The second-order valence-electron chi connectivity index (χ2n) is 4.08. The van der Waals surface area contributed by atoms with Crippen LogP contribution in [-0.4, -0.2) is 29.7 Å². The molecule has 1 rings (SSSR count). The number of halogens is 1. The van der Waals surface area contributed by atoms with E-state index in [0.717, 1.165) is 22.7 Å². The SMILES string of the molecule is CC(CO)N(C)Cc1ccc(CN)cc1Cl. The van der Waals surface area contributed by atoms with Crippen molar-refractivity contribution in [3.05, 3.63) is 34.3 Å². The molecule has 16 heavy (non-hydrogen) atoms. The lowest BCUT2D eigenvalue weighted by atomic mass is 10.1. The number of benzene rings is 1. The Morgan fingerprint density at radius 1 is 1.50 bits per heavy atom. The number of aliphatic hydroxyl groups excluding tert-OH is 1. The third-order valence-electron chi connectivity index (χ3n) is 2.79. The molecule has 1 atom stereocenters. The van der Waals surface area contributed by atoms with Crippen LogP contribution in [0.5, 0.6) is 0 Å². The van der Waals surface area contributed by atoms with E-state index in [1.165, 1.54) is 0 Å². The molecular formula is C12H19ClN2O. The van der Waals surface area contributed by atoms with E-state index in [1.807, 2.05) is 32.2 Å². The quantitative estimate of drug-likeness (QED) is 0.825. The summed E-state index contributed by atoms with van der Waals surface area (Å²) < 4.78 is 0. The third-order valence-corrected chi connectivity index (χ3v) is 3.14. The fraction of sp³-hybridized carbons (Fsp3) is 0.500. The van der Waals surface area contributed by atoms with E-state index in [4.69, 9.17) is 22.4 Å². The van der Waals surface area contributed by atoms with E-state index < -0.39 is 0 Å². The van der Waals surface area contributed by atoms with Crippen molar-refractivity contribution >= 4 is 11.6 Å². The van der Waals surface area contributed by atoms with Gasteiger partial charge in [-0.25, -0.2) is 0 Å². The Morgan fingerprint density at radius 2 is 2.19 bits per heavy atom. The topological polar surface area (TPSA) is 49.5 Å². The van der Waals surface area contributed by atoms with Crippen LogP contribution in [0.1, 0.15) is 18.1 Å². The molecule has 0 spiro atoms. The maximum Gasteiger partial charge on any atom is 0.0584 e. The monoisotopic (exact) mass is 242 g/mol. The molecule has 0 aromatic heterocycles. The second kappa shape index (κ2) is 6.21. The number of hydrogen-bond donors (Lipinski definition) is 2. The minimum atomic E-state index is 0.130. The summed E-state index contributed by atoms with van der Waals surface area (Å²) in [6, 6.07) is 6.00. The van der Waals surface area contributed by atoms with Gasteiger partial charge < -0.3 is 10.8 Å². The highest BCUT2D eigenvalue weighted by Gasteiger charge is 2.10. The van der Waals surface area contributed by atoms with Crippen molar-refractivity contribution in [3.63, 3.8) is 0 Å². The van der Waals surface area contributed by atoms with Crippen LogP contribution < -0.4 is 5.73 Å². The molecule has 0 radical (unpaired) electrons. The molecular weight excluding hydrogens is 224 g/mol. The number of nitrogens with two attached hydrogens (primary N) is 1. The second-order valence-corrected chi connectivity index (χ2v) is 4.48. The van der Waals surface area contributed by atoms with Gasteiger partial charge in [0.15, 0.2) is 0 Å². The van der Waals surface area contributed by atoms with Crippen LogP contribution in [0.4, 0.5) is 0 Å². The van der Waals surface area contributed by atoms with Gasteiger partial charge in [-0.2, -0.15) is 0 Å². The number of hydrogen-bond acceptors (Lipinski definition) is 3. The first-order valence-corrected chi connectivity index (χ1v) is 5.74. The van der Waals surface area contributed by atoms with Crippen LogP contribution in [0.15, 0.2) is 18.2 Å². The summed E-state index contributed by atoms with van der Waals surface area (Å²) in [5.74, 6) is 0. The molecule has 1 aromatic rings. The van der Waals surface area contributed by atoms with Gasteiger partial charge in [0, 0.05) is 24.2 Å². The normalized spacial score (nSPS) is 13.1. The summed E-state index contributed by atoms with van der Waals surface area (Å²) in [6.45, 7) is 3.35. The van der Waals surface area contributed by atoms with Crippen LogP contribution in [0, 0.1) is 0 Å². The lowest BCUT2D eigenvalue weighted by Crippen LogP contribution is -2.31. The van der Waals surface area contributed by atoms with Crippen molar-refractivity contribution < 1.29 is 5.11 Å². The summed E-state index contributed by atoms with van der Waals surface area (Å²) in [6.07, 6.45) is 0. The van der Waals surface area contributed by atoms with Crippen LogP contribution in [0.25, 0.3) is 0 Å². The van der Waals surface area contributed by atoms with Gasteiger partial charge in [0.05, 0.1) is 6.61 Å². The fourth-order valence-corrected chi connectivity index (χ4v) is 1.67. The highest BCUT2D eigenvalue weighted by molar-refractivity contribution is 6.31. The molecule has 4 heteroatoms. The Morgan fingerprint density at radius 3 is 2.69 bits per heavy atom. The molecule has 90 valence electrons. The molecule has 0 aliphatic carbocycles. The van der Waals surface area contributed by atoms with E-state index in [9.17, 15) is 0 Å². The highest BCUT2D eigenvalue weighted by atomic mass is 35.5. The summed E-state index contributed by atoms with van der Waals surface area (Å²) in [5.41, 5.74) is 7.63. The number of nitrogens with zero attached hydrogens (tertiary/aromatic N) is 1. The summed E-state index contributed by atoms with van der Waals surface area (Å²) in [7, 11) is 1.97. The van der Waals surface area contributed by atoms with Gasteiger partial charge in [-0.05, 0) is 31.2 Å². The summed E-state index contributed by atoms with van der Waals surface area (Å²) >= 11 is 6.16. The highest BCUT2D eigenvalue weighted by Crippen LogP contribution is 2.19. The zero-order valence-corrected chi connectivity index (χ0v) is 10.5. The van der Waals surface area contributed by atoms with Crippen LogP contribution in [-0.2, 0) is 13.1 Å². The lowest BCUT2D eigenvalue weighted by Gasteiger charge is -2.23. The van der Waals surface area contributed by atoms with Crippen molar-refractivity contribution in [3.8, 4) is 0 Å². The first kappa shape index (κ1) is 13.5. The van der Waals surface area contributed by atoms with Crippen molar-refractivity contribution in [2.24, 2.45) is 5.73 Å². The van der Waals surface area contributed by atoms with Crippen molar-refractivity contribution in [2.45, 2.75) is 26.1 Å². The van der Waals surface area contributed by atoms with E-state index >= 15 is 0 Å². The first-order valence-electron chi connectivity index (χ1n) is 5.37. The molecule has 3 N–H and O–H groups in total. The number of rotatable bonds is 5. The Labute approximate surface area is 102 Å². The van der Waals surface area contributed by atoms with Gasteiger partial charge in [-0.1, -0.05) is 23.7 Å². The van der Waals surface area contributed by atoms with Gasteiger partial charge in [0.25, 0.3) is 0 Å². The molecule has 0 aliphatic rings. The smallest absolute Gasteiger partial charge is 0.0584 e. The van der Waals surface area contributed by atoms with Crippen molar-refractivity contribution in [1.82, 2.24) is 4.90 Å². The van der Waals surface area contributed by atoms with Gasteiger partial charge in [-0.3, -0.25) is 4.90 Å². The fourth-order valence-electron chi connectivity index (χ4n) is 1.41. The van der Waals surface area contributed by atoms with Crippen LogP contribution in [0.3, 0.4) is 0 Å². The van der Waals surface area contributed by atoms with Crippen LogP contribution >= 0.6 is 11.6 Å². The van der Waals surface area contributed by atoms with Gasteiger partial charge in [-0.15, -0.1) is 0 Å². The molecule has 0 fully saturated rings. The predicted molar refractivity (Wildman–Crippen MR) is 67.4 cm³/mol.